The van der Waals surface area contributed by atoms with Gasteiger partial charge in [-0.15, -0.1) is 6.58 Å². The molecule has 0 amide bonds. The van der Waals surface area contributed by atoms with Crippen LogP contribution in [-0.2, 0) is 0 Å². The first-order valence-corrected chi connectivity index (χ1v) is 2.21. The van der Waals surface area contributed by atoms with E-state index in [4.69, 9.17) is 11.6 Å². The van der Waals surface area contributed by atoms with Crippen LogP contribution in [0.3, 0.4) is 0 Å². The molecule has 0 unspecified atom stereocenters. The second kappa shape index (κ2) is 4.77. The Hall–Kier alpha value is -0.230. The van der Waals surface area contributed by atoms with Crippen molar-refractivity contribution >= 4 is 11.6 Å². The first-order chi connectivity index (χ1) is 2.91. The molecule has 34 valence electrons. The van der Waals surface area contributed by atoms with Crippen molar-refractivity contribution in [1.29, 1.82) is 0 Å². The second-order valence-electron chi connectivity index (χ2n) is 0.886. The lowest BCUT2D eigenvalue weighted by Gasteiger charge is -1.68. The lowest BCUT2D eigenvalue weighted by atomic mass is 10.4. The summed E-state index contributed by atoms with van der Waals surface area (Å²) in [4.78, 5) is 0. The van der Waals surface area contributed by atoms with E-state index in [1.54, 1.807) is 6.08 Å². The molecule has 0 aromatic heterocycles. The number of hydrogen-bond donors (Lipinski definition) is 0. The first kappa shape index (κ1) is 5.77. The van der Waals surface area contributed by atoms with Gasteiger partial charge in [0.25, 0.3) is 0 Å². The summed E-state index contributed by atoms with van der Waals surface area (Å²) in [6.07, 6.45) is 4.48. The van der Waals surface area contributed by atoms with E-state index in [2.05, 4.69) is 6.58 Å². The Bertz CT molecular complexity index is 55.0. The van der Waals surface area contributed by atoms with Gasteiger partial charge in [-0.25, -0.2) is 0 Å². The maximum Gasteiger partial charge on any atom is 0.000557 e. The summed E-state index contributed by atoms with van der Waals surface area (Å²) in [5.41, 5.74) is 1.49. The number of halogens is 1. The number of rotatable bonds is 2. The fourth-order valence-corrected chi connectivity index (χ4v) is 0.251. The molecule has 6 heavy (non-hydrogen) atoms. The van der Waals surface area contributed by atoms with E-state index < -0.39 is 0 Å². The molecule has 0 fully saturated rings. The van der Waals surface area contributed by atoms with Crippen LogP contribution in [0.2, 0.25) is 0 Å². The van der Waals surface area contributed by atoms with Gasteiger partial charge in [-0.05, 0) is 6.42 Å². The molecule has 0 N–H and O–H groups in total. The van der Waals surface area contributed by atoms with Crippen LogP contribution in [0.4, 0.5) is 0 Å². The fraction of sp³-hybridized carbons (Fsp3) is 0.200. The third-order valence-corrected chi connectivity index (χ3v) is 0.570. The minimum Gasteiger partial charge on any atom is -0.103 e. The molecule has 0 aliphatic rings. The van der Waals surface area contributed by atoms with Crippen molar-refractivity contribution in [1.82, 2.24) is 0 Å². The van der Waals surface area contributed by atoms with Crippen molar-refractivity contribution in [3.05, 3.63) is 24.3 Å². The maximum absolute atomic E-state index is 5.15. The van der Waals surface area contributed by atoms with Gasteiger partial charge < -0.3 is 0 Å². The highest BCUT2D eigenvalue weighted by Crippen LogP contribution is 1.83. The summed E-state index contributed by atoms with van der Waals surface area (Å²) < 4.78 is 0. The Balaban J connectivity index is 2.85. The van der Waals surface area contributed by atoms with Crippen molar-refractivity contribution in [2.24, 2.45) is 0 Å². The summed E-state index contributed by atoms with van der Waals surface area (Å²) in [5.74, 6) is 0. The molecule has 0 rings (SSSR count). The zero-order valence-corrected chi connectivity index (χ0v) is 4.28. The van der Waals surface area contributed by atoms with E-state index in [-0.39, 0.29) is 0 Å². The average Bonchev–Trinajstić information content (AvgIpc) is 1.61. The molecule has 0 saturated heterocycles. The summed E-state index contributed by atoms with van der Waals surface area (Å²) >= 11 is 5.15. The van der Waals surface area contributed by atoms with Crippen molar-refractivity contribution < 1.29 is 0 Å². The van der Waals surface area contributed by atoms with Crippen molar-refractivity contribution in [3.8, 4) is 0 Å². The van der Waals surface area contributed by atoms with Gasteiger partial charge in [0, 0.05) is 5.54 Å². The molecule has 0 aromatic rings. The van der Waals surface area contributed by atoms with Crippen LogP contribution in [0, 0.1) is 0 Å². The molecule has 0 aliphatic heterocycles. The Morgan fingerprint density at radius 1 is 1.67 bits per heavy atom. The molecule has 0 radical (unpaired) electrons. The van der Waals surface area contributed by atoms with Gasteiger partial charge in [-0.1, -0.05) is 23.8 Å². The van der Waals surface area contributed by atoms with Gasteiger partial charge in [0.1, 0.15) is 0 Å². The predicted molar refractivity (Wildman–Crippen MR) is 29.8 cm³/mol. The molecule has 0 heterocycles. The highest BCUT2D eigenvalue weighted by molar-refractivity contribution is 6.25. The molecule has 1 heteroatoms. The average molecular weight is 103 g/mol. The number of hydrogen-bond acceptors (Lipinski definition) is 0. The monoisotopic (exact) mass is 102 g/mol. The standard InChI is InChI=1S/C5H7Cl/c1-2-3-4-5-6/h2,4-5H,1,3H2. The third kappa shape index (κ3) is 3.77. The van der Waals surface area contributed by atoms with Gasteiger partial charge in [0.2, 0.25) is 0 Å². The van der Waals surface area contributed by atoms with Gasteiger partial charge in [0.15, 0.2) is 0 Å². The highest BCUT2D eigenvalue weighted by atomic mass is 35.5. The van der Waals surface area contributed by atoms with Crippen LogP contribution in [0.15, 0.2) is 24.3 Å². The predicted octanol–water partition coefficient (Wildman–Crippen LogP) is 2.32. The fourth-order valence-electron chi connectivity index (χ4n) is 0.148. The van der Waals surface area contributed by atoms with E-state index in [1.165, 1.54) is 5.54 Å². The molecule has 0 aliphatic carbocycles. The van der Waals surface area contributed by atoms with Crippen LogP contribution in [-0.4, -0.2) is 0 Å². The van der Waals surface area contributed by atoms with E-state index in [1.807, 2.05) is 6.08 Å². The Labute approximate surface area is 43.1 Å². The second-order valence-corrected chi connectivity index (χ2v) is 1.14. The van der Waals surface area contributed by atoms with Crippen molar-refractivity contribution in [3.63, 3.8) is 0 Å². The highest BCUT2D eigenvalue weighted by Gasteiger charge is 1.59. The van der Waals surface area contributed by atoms with Gasteiger partial charge >= 0.3 is 0 Å². The largest absolute Gasteiger partial charge is 0.103 e. The molecule has 0 saturated carbocycles. The third-order valence-electron chi connectivity index (χ3n) is 0.392. The van der Waals surface area contributed by atoms with Crippen molar-refractivity contribution in [2.75, 3.05) is 0 Å². The van der Waals surface area contributed by atoms with E-state index in [0.717, 1.165) is 6.42 Å². The summed E-state index contributed by atoms with van der Waals surface area (Å²) in [5, 5.41) is 0. The molecule has 0 spiro atoms. The smallest absolute Gasteiger partial charge is 0.000557 e. The summed E-state index contributed by atoms with van der Waals surface area (Å²) in [6, 6.07) is 0. The van der Waals surface area contributed by atoms with Crippen LogP contribution < -0.4 is 0 Å². The minimum atomic E-state index is 0.865. The molecule has 0 bridgehead atoms. The molecule has 0 nitrogen and oxygen atoms in total. The SMILES string of the molecule is C=CCC=CCl. The maximum atomic E-state index is 5.15. The quantitative estimate of drug-likeness (QED) is 0.470. The molecule has 0 atom stereocenters. The van der Waals surface area contributed by atoms with Crippen LogP contribution >= 0.6 is 11.6 Å². The topological polar surface area (TPSA) is 0 Å². The van der Waals surface area contributed by atoms with Crippen LogP contribution in [0.1, 0.15) is 6.42 Å². The first-order valence-electron chi connectivity index (χ1n) is 1.78. The molecule has 0 aromatic carbocycles. The minimum absolute atomic E-state index is 0.865. The van der Waals surface area contributed by atoms with Crippen LogP contribution in [0.25, 0.3) is 0 Å². The summed E-state index contributed by atoms with van der Waals surface area (Å²) in [6.45, 7) is 3.49. The lowest BCUT2D eigenvalue weighted by molar-refractivity contribution is 1.42. The van der Waals surface area contributed by atoms with E-state index in [9.17, 15) is 0 Å². The van der Waals surface area contributed by atoms with E-state index in [0.29, 0.717) is 0 Å². The Morgan fingerprint density at radius 2 is 2.33 bits per heavy atom. The Morgan fingerprint density at radius 3 is 2.50 bits per heavy atom. The zero-order chi connectivity index (χ0) is 4.83. The Kier molecular flexibility index (Phi) is 4.59. The van der Waals surface area contributed by atoms with Crippen molar-refractivity contribution in [2.45, 2.75) is 6.42 Å². The van der Waals surface area contributed by atoms with E-state index >= 15 is 0 Å². The van der Waals surface area contributed by atoms with Gasteiger partial charge in [0.05, 0.1) is 0 Å². The number of allylic oxidation sites excluding steroid dienone is 2. The van der Waals surface area contributed by atoms with Crippen LogP contribution in [0.5, 0.6) is 0 Å². The molecular weight excluding hydrogens is 95.5 g/mol. The summed E-state index contributed by atoms with van der Waals surface area (Å²) in [7, 11) is 0. The van der Waals surface area contributed by atoms with Gasteiger partial charge in [-0.2, -0.15) is 0 Å². The normalized spacial score (nSPS) is 9.50. The zero-order valence-electron chi connectivity index (χ0n) is 3.52. The van der Waals surface area contributed by atoms with Gasteiger partial charge in [-0.3, -0.25) is 0 Å². The lowest BCUT2D eigenvalue weighted by Crippen LogP contribution is -1.46. The molecular formula is C5H7Cl.